The zero-order chi connectivity index (χ0) is 13.7. The maximum atomic E-state index is 10.9. The van der Waals surface area contributed by atoms with Gasteiger partial charge in [0.2, 0.25) is 5.82 Å². The average Bonchev–Trinajstić information content (AvgIpc) is 2.27. The summed E-state index contributed by atoms with van der Waals surface area (Å²) >= 11 is 0. The molecule has 7 heteroatoms. The standard InChI is InChI=1S/C11H11N3O4/c1-3-4-13(7-10(15)16)11-9(14(17)18)5-8(2)6-12-11/h1,5-6H,4,7H2,2H3,(H,15,16). The second kappa shape index (κ2) is 5.63. The molecule has 1 heterocycles. The van der Waals surface area contributed by atoms with E-state index in [4.69, 9.17) is 11.5 Å². The molecule has 0 aliphatic carbocycles. The minimum atomic E-state index is -1.14. The van der Waals surface area contributed by atoms with Gasteiger partial charge in [0, 0.05) is 12.3 Å². The summed E-state index contributed by atoms with van der Waals surface area (Å²) in [6.07, 6.45) is 6.54. The molecule has 0 aromatic carbocycles. The predicted molar refractivity (Wildman–Crippen MR) is 64.3 cm³/mol. The summed E-state index contributed by atoms with van der Waals surface area (Å²) in [6, 6.07) is 1.33. The summed E-state index contributed by atoms with van der Waals surface area (Å²) in [5.41, 5.74) is 0.355. The summed E-state index contributed by atoms with van der Waals surface area (Å²) < 4.78 is 0. The van der Waals surface area contributed by atoms with Crippen molar-refractivity contribution in [1.29, 1.82) is 0 Å². The van der Waals surface area contributed by atoms with Crippen molar-refractivity contribution < 1.29 is 14.8 Å². The highest BCUT2D eigenvalue weighted by Gasteiger charge is 2.22. The van der Waals surface area contributed by atoms with Crippen LogP contribution in [0.3, 0.4) is 0 Å². The van der Waals surface area contributed by atoms with Crippen LogP contribution < -0.4 is 4.90 Å². The average molecular weight is 249 g/mol. The molecule has 94 valence electrons. The molecule has 1 N–H and O–H groups in total. The first-order valence-corrected chi connectivity index (χ1v) is 4.97. The highest BCUT2D eigenvalue weighted by atomic mass is 16.6. The molecule has 0 bridgehead atoms. The molecule has 0 spiro atoms. The van der Waals surface area contributed by atoms with Gasteiger partial charge in [-0.05, 0) is 12.5 Å². The molecule has 18 heavy (non-hydrogen) atoms. The van der Waals surface area contributed by atoms with Crippen LogP contribution in [0.15, 0.2) is 12.3 Å². The number of hydrogen-bond acceptors (Lipinski definition) is 5. The van der Waals surface area contributed by atoms with Crippen LogP contribution in [0.4, 0.5) is 11.5 Å². The van der Waals surface area contributed by atoms with E-state index in [2.05, 4.69) is 10.9 Å². The van der Waals surface area contributed by atoms with Crippen LogP contribution in [0, 0.1) is 29.4 Å². The third kappa shape index (κ3) is 3.18. The number of pyridine rings is 1. The van der Waals surface area contributed by atoms with Gasteiger partial charge in [-0.1, -0.05) is 5.92 Å². The number of rotatable bonds is 5. The van der Waals surface area contributed by atoms with Crippen LogP contribution in [0.5, 0.6) is 0 Å². The fourth-order valence-corrected chi connectivity index (χ4v) is 1.40. The number of hydrogen-bond donors (Lipinski definition) is 1. The van der Waals surface area contributed by atoms with Crippen molar-refractivity contribution in [3.63, 3.8) is 0 Å². The van der Waals surface area contributed by atoms with E-state index in [0.29, 0.717) is 5.56 Å². The van der Waals surface area contributed by atoms with Gasteiger partial charge >= 0.3 is 11.7 Å². The second-order valence-electron chi connectivity index (χ2n) is 3.57. The first-order valence-electron chi connectivity index (χ1n) is 4.97. The minimum Gasteiger partial charge on any atom is -0.480 e. The summed E-state index contributed by atoms with van der Waals surface area (Å²) in [6.45, 7) is 1.15. The molecule has 0 unspecified atom stereocenters. The Morgan fingerprint density at radius 1 is 1.72 bits per heavy atom. The fraction of sp³-hybridized carbons (Fsp3) is 0.273. The molecule has 1 aromatic heterocycles. The molecule has 0 aliphatic rings. The monoisotopic (exact) mass is 249 g/mol. The van der Waals surface area contributed by atoms with Gasteiger partial charge in [0.15, 0.2) is 0 Å². The van der Waals surface area contributed by atoms with Gasteiger partial charge in [-0.2, -0.15) is 0 Å². The van der Waals surface area contributed by atoms with Gasteiger partial charge < -0.3 is 10.0 Å². The smallest absolute Gasteiger partial charge is 0.323 e. The summed E-state index contributed by atoms with van der Waals surface area (Å²) in [7, 11) is 0. The van der Waals surface area contributed by atoms with Crippen LogP contribution in [-0.4, -0.2) is 34.1 Å². The van der Waals surface area contributed by atoms with E-state index >= 15 is 0 Å². The number of aryl methyl sites for hydroxylation is 1. The molecule has 7 nitrogen and oxygen atoms in total. The molecule has 0 amide bonds. The quantitative estimate of drug-likeness (QED) is 0.471. The van der Waals surface area contributed by atoms with E-state index < -0.39 is 17.4 Å². The van der Waals surface area contributed by atoms with Gasteiger partial charge in [0.25, 0.3) is 0 Å². The fourth-order valence-electron chi connectivity index (χ4n) is 1.40. The Hall–Kier alpha value is -2.62. The highest BCUT2D eigenvalue weighted by molar-refractivity contribution is 5.75. The van der Waals surface area contributed by atoms with Crippen molar-refractivity contribution in [2.24, 2.45) is 0 Å². The molecular formula is C11H11N3O4. The van der Waals surface area contributed by atoms with Crippen LogP contribution >= 0.6 is 0 Å². The van der Waals surface area contributed by atoms with Gasteiger partial charge in [-0.3, -0.25) is 14.9 Å². The number of anilines is 1. The Morgan fingerprint density at radius 2 is 2.39 bits per heavy atom. The summed E-state index contributed by atoms with van der Waals surface area (Å²) in [4.78, 5) is 26.1. The number of aliphatic carboxylic acids is 1. The Balaban J connectivity index is 3.22. The van der Waals surface area contributed by atoms with Crippen LogP contribution in [-0.2, 0) is 4.79 Å². The minimum absolute atomic E-state index is 0.0362. The predicted octanol–water partition coefficient (Wildman–Crippen LogP) is 0.822. The number of carboxylic acids is 1. The van der Waals surface area contributed by atoms with Gasteiger partial charge in [-0.25, -0.2) is 4.98 Å². The normalized spacial score (nSPS) is 9.56. The summed E-state index contributed by atoms with van der Waals surface area (Å²) in [5, 5.41) is 19.7. The van der Waals surface area contributed by atoms with Crippen molar-refractivity contribution in [3.05, 3.63) is 27.9 Å². The maximum Gasteiger partial charge on any atom is 0.323 e. The van der Waals surface area contributed by atoms with E-state index in [1.807, 2.05) is 0 Å². The molecular weight excluding hydrogens is 238 g/mol. The largest absolute Gasteiger partial charge is 0.480 e. The molecule has 0 fully saturated rings. The highest BCUT2D eigenvalue weighted by Crippen LogP contribution is 2.25. The van der Waals surface area contributed by atoms with E-state index in [0.717, 1.165) is 0 Å². The molecule has 0 saturated carbocycles. The Labute approximate surface area is 103 Å². The third-order valence-electron chi connectivity index (χ3n) is 2.09. The molecule has 1 rings (SSSR count). The van der Waals surface area contributed by atoms with Crippen molar-refractivity contribution in [2.75, 3.05) is 18.0 Å². The number of terminal acetylenes is 1. The number of aromatic nitrogens is 1. The lowest BCUT2D eigenvalue weighted by Crippen LogP contribution is -2.31. The first-order chi connectivity index (χ1) is 8.45. The zero-order valence-corrected chi connectivity index (χ0v) is 9.66. The molecule has 0 atom stereocenters. The van der Waals surface area contributed by atoms with Crippen LogP contribution in [0.2, 0.25) is 0 Å². The lowest BCUT2D eigenvalue weighted by atomic mass is 10.2. The topological polar surface area (TPSA) is 96.6 Å². The lowest BCUT2D eigenvalue weighted by Gasteiger charge is -2.18. The number of carbonyl (C=O) groups is 1. The van der Waals surface area contributed by atoms with E-state index in [1.165, 1.54) is 17.2 Å². The van der Waals surface area contributed by atoms with Gasteiger partial charge in [-0.15, -0.1) is 6.42 Å². The van der Waals surface area contributed by atoms with Crippen LogP contribution in [0.25, 0.3) is 0 Å². The molecule has 0 radical (unpaired) electrons. The van der Waals surface area contributed by atoms with Crippen molar-refractivity contribution in [1.82, 2.24) is 4.98 Å². The van der Waals surface area contributed by atoms with Crippen LogP contribution in [0.1, 0.15) is 5.56 Å². The summed E-state index contributed by atoms with van der Waals surface area (Å²) in [5.74, 6) is 1.08. The maximum absolute atomic E-state index is 10.9. The number of carboxylic acid groups (broad SMARTS) is 1. The molecule has 1 aromatic rings. The first kappa shape index (κ1) is 13.4. The second-order valence-corrected chi connectivity index (χ2v) is 3.57. The lowest BCUT2D eigenvalue weighted by molar-refractivity contribution is -0.384. The third-order valence-corrected chi connectivity index (χ3v) is 2.09. The van der Waals surface area contributed by atoms with E-state index in [1.54, 1.807) is 6.92 Å². The number of nitro groups is 1. The van der Waals surface area contributed by atoms with Crippen molar-refractivity contribution >= 4 is 17.5 Å². The molecule has 0 saturated heterocycles. The van der Waals surface area contributed by atoms with E-state index in [-0.39, 0.29) is 18.1 Å². The SMILES string of the molecule is C#CCN(CC(=O)O)c1ncc(C)cc1[N+](=O)[O-]. The Bertz CT molecular complexity index is 522. The van der Waals surface area contributed by atoms with E-state index in [9.17, 15) is 14.9 Å². The van der Waals surface area contributed by atoms with Gasteiger partial charge in [0.1, 0.15) is 6.54 Å². The van der Waals surface area contributed by atoms with Crippen molar-refractivity contribution in [2.45, 2.75) is 6.92 Å². The zero-order valence-electron chi connectivity index (χ0n) is 9.66. The number of nitrogens with zero attached hydrogens (tertiary/aromatic N) is 3. The Kier molecular flexibility index (Phi) is 4.21. The Morgan fingerprint density at radius 3 is 2.89 bits per heavy atom. The molecule has 0 aliphatic heterocycles. The van der Waals surface area contributed by atoms with Gasteiger partial charge in [0.05, 0.1) is 11.5 Å². The van der Waals surface area contributed by atoms with Crippen molar-refractivity contribution in [3.8, 4) is 12.3 Å².